The highest BCUT2D eigenvalue weighted by molar-refractivity contribution is 5.98. The van der Waals surface area contributed by atoms with Gasteiger partial charge < -0.3 is 33.7 Å². The van der Waals surface area contributed by atoms with E-state index < -0.39 is 55.5 Å². The molecule has 1 aromatic rings. The molecule has 0 spiro atoms. The Hall–Kier alpha value is -3.13. The van der Waals surface area contributed by atoms with Crippen molar-refractivity contribution in [3.63, 3.8) is 0 Å². The molecule has 1 aromatic heterocycles. The van der Waals surface area contributed by atoms with Crippen LogP contribution in [0.2, 0.25) is 0 Å². The van der Waals surface area contributed by atoms with Crippen molar-refractivity contribution in [3.05, 3.63) is 18.0 Å². The Kier molecular flexibility index (Phi) is 13.4. The van der Waals surface area contributed by atoms with E-state index in [4.69, 9.17) is 28.4 Å². The van der Waals surface area contributed by atoms with Crippen molar-refractivity contribution in [1.82, 2.24) is 10.3 Å². The number of carbonyl (C=O) groups is 3. The molecule has 1 aliphatic rings. The van der Waals surface area contributed by atoms with Gasteiger partial charge in [0.25, 0.3) is 5.91 Å². The number of aromatic nitrogens is 1. The Labute approximate surface area is 231 Å². The summed E-state index contributed by atoms with van der Waals surface area (Å²) in [4.78, 5) is 41.3. The predicted octanol–water partition coefficient (Wildman–Crippen LogP) is 3.58. The zero-order chi connectivity index (χ0) is 29.7. The van der Waals surface area contributed by atoms with E-state index in [2.05, 4.69) is 10.3 Å². The summed E-state index contributed by atoms with van der Waals surface area (Å²) in [7, 11) is 1.34. The predicted molar refractivity (Wildman–Crippen MR) is 134 cm³/mol. The van der Waals surface area contributed by atoms with Gasteiger partial charge in [0.15, 0.2) is 23.2 Å². The SMILES string of the molecule is CCCCC1C(C)OC(=O)C(NC(=O)c2nccc(OC)c2OCOC(C)=O)COCC1OCCCC(F)(F)F. The maximum Gasteiger partial charge on any atom is 0.389 e. The van der Waals surface area contributed by atoms with Gasteiger partial charge in [0.1, 0.15) is 6.10 Å². The number of hydrogen-bond acceptors (Lipinski definition) is 10. The highest BCUT2D eigenvalue weighted by Crippen LogP contribution is 2.30. The van der Waals surface area contributed by atoms with Crippen LogP contribution in [0.3, 0.4) is 0 Å². The zero-order valence-electron chi connectivity index (χ0n) is 23.1. The van der Waals surface area contributed by atoms with Crippen molar-refractivity contribution >= 4 is 17.8 Å². The van der Waals surface area contributed by atoms with Gasteiger partial charge in [-0.2, -0.15) is 13.2 Å². The van der Waals surface area contributed by atoms with Gasteiger partial charge in [0.2, 0.25) is 6.79 Å². The molecule has 4 atom stereocenters. The smallest absolute Gasteiger partial charge is 0.389 e. The van der Waals surface area contributed by atoms with Crippen LogP contribution in [0.5, 0.6) is 11.5 Å². The second-order valence-corrected chi connectivity index (χ2v) is 9.23. The molecule has 0 aromatic carbocycles. The summed E-state index contributed by atoms with van der Waals surface area (Å²) >= 11 is 0. The Balaban J connectivity index is 2.16. The summed E-state index contributed by atoms with van der Waals surface area (Å²) < 4.78 is 70.2. The molecule has 1 fully saturated rings. The number of alkyl halides is 3. The van der Waals surface area contributed by atoms with E-state index in [0.717, 1.165) is 12.8 Å². The maximum atomic E-state index is 13.1. The number of halogens is 3. The molecule has 0 saturated carbocycles. The molecule has 4 unspecified atom stereocenters. The minimum Gasteiger partial charge on any atom is -0.493 e. The summed E-state index contributed by atoms with van der Waals surface area (Å²) in [6.45, 7) is 3.92. The highest BCUT2D eigenvalue weighted by atomic mass is 19.4. The van der Waals surface area contributed by atoms with E-state index in [1.807, 2.05) is 6.92 Å². The van der Waals surface area contributed by atoms with Crippen LogP contribution >= 0.6 is 0 Å². The second kappa shape index (κ2) is 16.2. The second-order valence-electron chi connectivity index (χ2n) is 9.23. The number of ether oxygens (including phenoxy) is 6. The largest absolute Gasteiger partial charge is 0.493 e. The van der Waals surface area contributed by atoms with E-state index in [1.54, 1.807) is 6.92 Å². The highest BCUT2D eigenvalue weighted by Gasteiger charge is 2.36. The number of cyclic esters (lactones) is 1. The lowest BCUT2D eigenvalue weighted by molar-refractivity contribution is -0.156. The minimum atomic E-state index is -4.28. The molecular formula is C26H37F3N2O9. The molecule has 0 bridgehead atoms. The third-order valence-electron chi connectivity index (χ3n) is 6.14. The normalized spacial score (nSPS) is 21.8. The van der Waals surface area contributed by atoms with Crippen molar-refractivity contribution in [2.24, 2.45) is 5.92 Å². The lowest BCUT2D eigenvalue weighted by Crippen LogP contribution is -2.46. The first-order valence-corrected chi connectivity index (χ1v) is 13.0. The Morgan fingerprint density at radius 1 is 1.23 bits per heavy atom. The number of esters is 2. The third kappa shape index (κ3) is 10.8. The van der Waals surface area contributed by atoms with Crippen molar-refractivity contribution in [1.29, 1.82) is 0 Å². The average Bonchev–Trinajstić information content (AvgIpc) is 2.93. The van der Waals surface area contributed by atoms with Crippen LogP contribution in [-0.2, 0) is 28.5 Å². The zero-order valence-corrected chi connectivity index (χ0v) is 23.1. The molecule has 0 aliphatic carbocycles. The molecule has 1 N–H and O–H groups in total. The van der Waals surface area contributed by atoms with Crippen LogP contribution in [-0.4, -0.2) is 81.0 Å². The molecule has 40 heavy (non-hydrogen) atoms. The molecule has 1 aliphatic heterocycles. The minimum absolute atomic E-state index is 0.0120. The molecule has 226 valence electrons. The molecule has 14 heteroatoms. The number of methoxy groups -OCH3 is 1. The monoisotopic (exact) mass is 578 g/mol. The van der Waals surface area contributed by atoms with Crippen molar-refractivity contribution in [3.8, 4) is 11.5 Å². The van der Waals surface area contributed by atoms with Crippen LogP contribution in [0.1, 0.15) is 63.4 Å². The number of rotatable bonds is 13. The average molecular weight is 579 g/mol. The standard InChI is InChI=1S/C26H37F3N2O9/c1-5-6-8-18-16(2)40-25(34)19(13-36-14-21(18)37-12-7-10-26(27,28)29)31-24(33)22-23(39-15-38-17(3)32)20(35-4)9-11-30-22/h9,11,16,18-19,21H,5-8,10,12-15H2,1-4H3,(H,31,33). The van der Waals surface area contributed by atoms with Gasteiger partial charge in [0, 0.05) is 38.1 Å². The van der Waals surface area contributed by atoms with E-state index in [9.17, 15) is 27.6 Å². The van der Waals surface area contributed by atoms with Crippen LogP contribution in [0.4, 0.5) is 13.2 Å². The van der Waals surface area contributed by atoms with Crippen molar-refractivity contribution in [2.75, 3.05) is 33.7 Å². The Morgan fingerprint density at radius 2 is 1.98 bits per heavy atom. The number of nitrogens with zero attached hydrogens (tertiary/aromatic N) is 1. The van der Waals surface area contributed by atoms with Crippen LogP contribution in [0.15, 0.2) is 12.3 Å². The fourth-order valence-corrected chi connectivity index (χ4v) is 4.08. The molecule has 1 saturated heterocycles. The van der Waals surface area contributed by atoms with Crippen LogP contribution < -0.4 is 14.8 Å². The first-order chi connectivity index (χ1) is 19.0. The lowest BCUT2D eigenvalue weighted by Gasteiger charge is -2.30. The summed E-state index contributed by atoms with van der Waals surface area (Å²) in [6, 6.07) is 0.199. The summed E-state index contributed by atoms with van der Waals surface area (Å²) in [5, 5.41) is 2.52. The molecule has 2 heterocycles. The van der Waals surface area contributed by atoms with E-state index >= 15 is 0 Å². The lowest BCUT2D eigenvalue weighted by atomic mass is 9.91. The van der Waals surface area contributed by atoms with Gasteiger partial charge >= 0.3 is 18.1 Å². The van der Waals surface area contributed by atoms with Gasteiger partial charge in [-0.05, 0) is 19.8 Å². The van der Waals surface area contributed by atoms with Gasteiger partial charge in [-0.1, -0.05) is 19.8 Å². The number of nitrogens with one attached hydrogen (secondary N) is 1. The molecule has 11 nitrogen and oxygen atoms in total. The summed E-state index contributed by atoms with van der Waals surface area (Å²) in [5.41, 5.74) is -0.237. The topological polar surface area (TPSA) is 132 Å². The van der Waals surface area contributed by atoms with Crippen LogP contribution in [0.25, 0.3) is 0 Å². The van der Waals surface area contributed by atoms with Gasteiger partial charge in [-0.3, -0.25) is 9.59 Å². The fourth-order valence-electron chi connectivity index (χ4n) is 4.08. The summed E-state index contributed by atoms with van der Waals surface area (Å²) in [6.07, 6.45) is -3.19. The molecule has 2 rings (SSSR count). The van der Waals surface area contributed by atoms with Gasteiger partial charge in [0.05, 0.1) is 26.4 Å². The van der Waals surface area contributed by atoms with Gasteiger partial charge in [-0.25, -0.2) is 9.78 Å². The van der Waals surface area contributed by atoms with E-state index in [0.29, 0.717) is 6.42 Å². The number of hydrogen-bond donors (Lipinski definition) is 1. The number of pyridine rings is 1. The molecule has 0 radical (unpaired) electrons. The molecular weight excluding hydrogens is 541 g/mol. The number of carbonyl (C=O) groups excluding carboxylic acids is 3. The Bertz CT molecular complexity index is 977. The summed E-state index contributed by atoms with van der Waals surface area (Å²) in [5.74, 6) is -2.47. The quantitative estimate of drug-likeness (QED) is 0.210. The van der Waals surface area contributed by atoms with Crippen molar-refractivity contribution < 1.29 is 56.0 Å². The number of amides is 1. The number of unbranched alkanes of at least 4 members (excludes halogenated alkanes) is 1. The maximum absolute atomic E-state index is 13.1. The fraction of sp³-hybridized carbons (Fsp3) is 0.692. The first-order valence-electron chi connectivity index (χ1n) is 13.0. The van der Waals surface area contributed by atoms with Gasteiger partial charge in [-0.15, -0.1) is 0 Å². The Morgan fingerprint density at radius 3 is 2.62 bits per heavy atom. The first kappa shape index (κ1) is 33.1. The molecule has 1 amide bonds. The van der Waals surface area contributed by atoms with E-state index in [1.165, 1.54) is 26.3 Å². The van der Waals surface area contributed by atoms with Crippen LogP contribution in [0, 0.1) is 5.92 Å². The third-order valence-corrected chi connectivity index (χ3v) is 6.14. The van der Waals surface area contributed by atoms with Crippen molar-refractivity contribution in [2.45, 2.75) is 77.3 Å². The van der Waals surface area contributed by atoms with E-state index in [-0.39, 0.29) is 49.4 Å².